The first kappa shape index (κ1) is 13.4. The topological polar surface area (TPSA) is 44.8 Å². The predicted molar refractivity (Wildman–Crippen MR) is 52.7 cm³/mol. The summed E-state index contributed by atoms with van der Waals surface area (Å²) in [6, 6.07) is 0. The monoisotopic (exact) mass is 204 g/mol. The van der Waals surface area contributed by atoms with Crippen molar-refractivity contribution in [2.45, 2.75) is 39.5 Å². The van der Waals surface area contributed by atoms with E-state index in [1.54, 1.807) is 0 Å². The molecule has 0 aliphatic heterocycles. The highest BCUT2D eigenvalue weighted by Gasteiger charge is 1.94. The van der Waals surface area contributed by atoms with Gasteiger partial charge < -0.3 is 4.74 Å². The minimum Gasteiger partial charge on any atom is -0.379 e. The SMILES string of the molecule is CCCCCCOCCOOC(C)=O. The molecule has 0 aromatic carbocycles. The molecule has 84 valence electrons. The van der Waals surface area contributed by atoms with E-state index in [1.165, 1.54) is 26.2 Å². The van der Waals surface area contributed by atoms with E-state index >= 15 is 0 Å². The van der Waals surface area contributed by atoms with Gasteiger partial charge in [-0.15, -0.1) is 0 Å². The molecule has 4 nitrogen and oxygen atoms in total. The first-order chi connectivity index (χ1) is 6.77. The van der Waals surface area contributed by atoms with Crippen molar-refractivity contribution < 1.29 is 19.3 Å². The van der Waals surface area contributed by atoms with Crippen molar-refractivity contribution in [2.75, 3.05) is 19.8 Å². The highest BCUT2D eigenvalue weighted by Crippen LogP contribution is 1.98. The molecule has 0 N–H and O–H groups in total. The molecule has 0 amide bonds. The zero-order valence-corrected chi connectivity index (χ0v) is 9.08. The van der Waals surface area contributed by atoms with Gasteiger partial charge in [0.1, 0.15) is 6.61 Å². The van der Waals surface area contributed by atoms with Crippen molar-refractivity contribution in [3.05, 3.63) is 0 Å². The van der Waals surface area contributed by atoms with Crippen LogP contribution in [0.4, 0.5) is 0 Å². The lowest BCUT2D eigenvalue weighted by Gasteiger charge is -2.03. The summed E-state index contributed by atoms with van der Waals surface area (Å²) in [4.78, 5) is 19.1. The summed E-state index contributed by atoms with van der Waals surface area (Å²) < 4.78 is 5.25. The molecule has 0 atom stereocenters. The molecule has 0 rings (SSSR count). The largest absolute Gasteiger partial charge is 0.379 e. The summed E-state index contributed by atoms with van der Waals surface area (Å²) in [5, 5.41) is 0. The smallest absolute Gasteiger partial charge is 0.339 e. The van der Waals surface area contributed by atoms with E-state index < -0.39 is 5.97 Å². The van der Waals surface area contributed by atoms with Gasteiger partial charge in [-0.2, -0.15) is 4.89 Å². The molecule has 4 heteroatoms. The van der Waals surface area contributed by atoms with Gasteiger partial charge in [-0.25, -0.2) is 4.79 Å². The van der Waals surface area contributed by atoms with Crippen molar-refractivity contribution in [1.82, 2.24) is 0 Å². The fraction of sp³-hybridized carbons (Fsp3) is 0.900. The van der Waals surface area contributed by atoms with E-state index in [9.17, 15) is 4.79 Å². The van der Waals surface area contributed by atoms with Crippen LogP contribution in [0, 0.1) is 0 Å². The van der Waals surface area contributed by atoms with Crippen molar-refractivity contribution in [1.29, 1.82) is 0 Å². The summed E-state index contributed by atoms with van der Waals surface area (Å²) in [6.07, 6.45) is 4.78. The van der Waals surface area contributed by atoms with Crippen LogP contribution in [0.3, 0.4) is 0 Å². The lowest BCUT2D eigenvalue weighted by atomic mass is 10.2. The van der Waals surface area contributed by atoms with Gasteiger partial charge in [0.2, 0.25) is 0 Å². The minimum atomic E-state index is -0.437. The van der Waals surface area contributed by atoms with Gasteiger partial charge in [0.25, 0.3) is 0 Å². The number of unbranched alkanes of at least 4 members (excludes halogenated alkanes) is 3. The summed E-state index contributed by atoms with van der Waals surface area (Å²) in [5.74, 6) is -0.437. The molecule has 0 bridgehead atoms. The molecule has 0 aliphatic carbocycles. The van der Waals surface area contributed by atoms with Gasteiger partial charge in [0, 0.05) is 13.5 Å². The van der Waals surface area contributed by atoms with Crippen molar-refractivity contribution in [2.24, 2.45) is 0 Å². The average Bonchev–Trinajstić information content (AvgIpc) is 2.15. The first-order valence-corrected chi connectivity index (χ1v) is 5.15. The highest BCUT2D eigenvalue weighted by atomic mass is 17.2. The van der Waals surface area contributed by atoms with Gasteiger partial charge in [-0.1, -0.05) is 26.2 Å². The zero-order chi connectivity index (χ0) is 10.6. The molecule has 0 aliphatic rings. The Morgan fingerprint density at radius 2 is 1.86 bits per heavy atom. The van der Waals surface area contributed by atoms with E-state index in [-0.39, 0.29) is 0 Å². The molecule has 0 saturated heterocycles. The van der Waals surface area contributed by atoms with E-state index in [4.69, 9.17) is 4.74 Å². The number of hydrogen-bond donors (Lipinski definition) is 0. The van der Waals surface area contributed by atoms with Crippen LogP contribution in [0.15, 0.2) is 0 Å². The van der Waals surface area contributed by atoms with E-state index in [2.05, 4.69) is 16.7 Å². The van der Waals surface area contributed by atoms with Gasteiger partial charge in [0.15, 0.2) is 0 Å². The second-order valence-electron chi connectivity index (χ2n) is 3.07. The number of carbonyl (C=O) groups excluding carboxylic acids is 1. The summed E-state index contributed by atoms with van der Waals surface area (Å²) in [6.45, 7) is 5.00. The summed E-state index contributed by atoms with van der Waals surface area (Å²) in [5.41, 5.74) is 0. The third kappa shape index (κ3) is 11.4. The Kier molecular flexibility index (Phi) is 10.0. The lowest BCUT2D eigenvalue weighted by Crippen LogP contribution is -2.08. The predicted octanol–water partition coefficient (Wildman–Crippen LogP) is 2.08. The van der Waals surface area contributed by atoms with Gasteiger partial charge in [0.05, 0.1) is 6.61 Å². The summed E-state index contributed by atoms with van der Waals surface area (Å²) in [7, 11) is 0. The second kappa shape index (κ2) is 10.5. The highest BCUT2D eigenvalue weighted by molar-refractivity contribution is 5.65. The Balaban J connectivity index is 2.88. The van der Waals surface area contributed by atoms with Crippen LogP contribution in [0.25, 0.3) is 0 Å². The van der Waals surface area contributed by atoms with Crippen LogP contribution in [-0.2, 0) is 19.3 Å². The molecule has 0 saturated carbocycles. The van der Waals surface area contributed by atoms with Gasteiger partial charge >= 0.3 is 5.97 Å². The van der Waals surface area contributed by atoms with E-state index in [0.717, 1.165) is 13.0 Å². The van der Waals surface area contributed by atoms with Crippen LogP contribution in [0.1, 0.15) is 39.5 Å². The van der Waals surface area contributed by atoms with Crippen molar-refractivity contribution in [3.8, 4) is 0 Å². The maximum Gasteiger partial charge on any atom is 0.339 e. The van der Waals surface area contributed by atoms with Crippen LogP contribution < -0.4 is 0 Å². The van der Waals surface area contributed by atoms with Crippen LogP contribution in [-0.4, -0.2) is 25.8 Å². The Labute approximate surface area is 85.5 Å². The molecule has 0 spiro atoms. The Hall–Kier alpha value is -0.610. The van der Waals surface area contributed by atoms with E-state index in [1.807, 2.05) is 0 Å². The maximum atomic E-state index is 10.3. The number of ether oxygens (including phenoxy) is 1. The molecule has 0 heterocycles. The van der Waals surface area contributed by atoms with Crippen molar-refractivity contribution >= 4 is 5.97 Å². The van der Waals surface area contributed by atoms with Crippen LogP contribution in [0.2, 0.25) is 0 Å². The molecular weight excluding hydrogens is 184 g/mol. The molecule has 0 radical (unpaired) electrons. The fourth-order valence-corrected chi connectivity index (χ4v) is 0.951. The quantitative estimate of drug-likeness (QED) is 0.327. The molecule has 0 aromatic rings. The third-order valence-corrected chi connectivity index (χ3v) is 1.63. The maximum absolute atomic E-state index is 10.3. The number of carbonyl (C=O) groups is 1. The zero-order valence-electron chi connectivity index (χ0n) is 9.08. The Morgan fingerprint density at radius 3 is 2.50 bits per heavy atom. The standard InChI is InChI=1S/C10H20O4/c1-3-4-5-6-7-12-8-9-13-14-10(2)11/h3-9H2,1-2H3. The normalized spacial score (nSPS) is 10.1. The molecular formula is C10H20O4. The first-order valence-electron chi connectivity index (χ1n) is 5.15. The number of hydrogen-bond acceptors (Lipinski definition) is 4. The fourth-order valence-electron chi connectivity index (χ4n) is 0.951. The van der Waals surface area contributed by atoms with E-state index in [0.29, 0.717) is 13.2 Å². The third-order valence-electron chi connectivity index (χ3n) is 1.63. The molecule has 14 heavy (non-hydrogen) atoms. The minimum absolute atomic E-state index is 0.299. The molecule has 0 aromatic heterocycles. The average molecular weight is 204 g/mol. The Bertz CT molecular complexity index is 136. The molecule has 0 fully saturated rings. The van der Waals surface area contributed by atoms with Crippen LogP contribution in [0.5, 0.6) is 0 Å². The summed E-state index contributed by atoms with van der Waals surface area (Å²) >= 11 is 0. The van der Waals surface area contributed by atoms with Gasteiger partial charge in [-0.3, -0.25) is 4.89 Å². The lowest BCUT2D eigenvalue weighted by molar-refractivity contribution is -0.274. The number of rotatable bonds is 9. The second-order valence-corrected chi connectivity index (χ2v) is 3.07. The van der Waals surface area contributed by atoms with Crippen LogP contribution >= 0.6 is 0 Å². The van der Waals surface area contributed by atoms with Crippen molar-refractivity contribution in [3.63, 3.8) is 0 Å². The Morgan fingerprint density at radius 1 is 1.07 bits per heavy atom. The molecule has 0 unspecified atom stereocenters. The van der Waals surface area contributed by atoms with Gasteiger partial charge in [-0.05, 0) is 6.42 Å².